The standard InChI is InChI=1S/C19H31NO5/c1-6-9-14(13-17(22)24-5)12-15-10-7-8-11-16(21)20(15)18(23)25-19(2,3)4/h6,14-15H,1,7-13H2,2-5H3. The van der Waals surface area contributed by atoms with Crippen LogP contribution in [0.5, 0.6) is 0 Å². The van der Waals surface area contributed by atoms with Gasteiger partial charge >= 0.3 is 12.1 Å². The van der Waals surface area contributed by atoms with Gasteiger partial charge in [0.05, 0.1) is 7.11 Å². The first-order valence-electron chi connectivity index (χ1n) is 8.90. The van der Waals surface area contributed by atoms with Gasteiger partial charge < -0.3 is 9.47 Å². The van der Waals surface area contributed by atoms with Crippen molar-refractivity contribution in [1.82, 2.24) is 4.90 Å². The molecule has 1 aliphatic heterocycles. The van der Waals surface area contributed by atoms with Gasteiger partial charge in [-0.2, -0.15) is 0 Å². The number of carbonyl (C=O) groups is 3. The summed E-state index contributed by atoms with van der Waals surface area (Å²) in [6.07, 6.45) is 5.28. The number of esters is 1. The summed E-state index contributed by atoms with van der Waals surface area (Å²) < 4.78 is 10.2. The van der Waals surface area contributed by atoms with Gasteiger partial charge in [0, 0.05) is 18.9 Å². The van der Waals surface area contributed by atoms with Crippen LogP contribution < -0.4 is 0 Å². The SMILES string of the molecule is C=CCC(CC(=O)OC)CC1CCCCC(=O)N1C(=O)OC(C)(C)C. The number of rotatable bonds is 6. The van der Waals surface area contributed by atoms with E-state index >= 15 is 0 Å². The molecule has 1 aliphatic rings. The summed E-state index contributed by atoms with van der Waals surface area (Å²) in [5.41, 5.74) is -0.666. The van der Waals surface area contributed by atoms with E-state index in [4.69, 9.17) is 9.47 Å². The molecule has 142 valence electrons. The van der Waals surface area contributed by atoms with Crippen LogP contribution in [0.2, 0.25) is 0 Å². The maximum atomic E-state index is 12.6. The van der Waals surface area contributed by atoms with Crippen LogP contribution in [0.25, 0.3) is 0 Å². The van der Waals surface area contributed by atoms with Gasteiger partial charge in [0.25, 0.3) is 0 Å². The largest absolute Gasteiger partial charge is 0.469 e. The van der Waals surface area contributed by atoms with Gasteiger partial charge in [0.15, 0.2) is 0 Å². The minimum atomic E-state index is -0.666. The molecular weight excluding hydrogens is 322 g/mol. The number of nitrogens with zero attached hydrogens (tertiary/aromatic N) is 1. The van der Waals surface area contributed by atoms with Gasteiger partial charge in [0.1, 0.15) is 5.60 Å². The summed E-state index contributed by atoms with van der Waals surface area (Å²) in [5, 5.41) is 0. The average molecular weight is 353 g/mol. The summed E-state index contributed by atoms with van der Waals surface area (Å²) in [6, 6.07) is -0.264. The van der Waals surface area contributed by atoms with Crippen LogP contribution in [0.1, 0.15) is 65.7 Å². The second-order valence-corrected chi connectivity index (χ2v) is 7.55. The minimum absolute atomic E-state index is 0.0224. The molecule has 1 fully saturated rings. The molecule has 0 aromatic heterocycles. The van der Waals surface area contributed by atoms with Crippen LogP contribution in [-0.4, -0.2) is 41.6 Å². The molecule has 1 heterocycles. The average Bonchev–Trinajstić information content (AvgIpc) is 2.67. The lowest BCUT2D eigenvalue weighted by molar-refractivity contribution is -0.141. The van der Waals surface area contributed by atoms with Crippen LogP contribution in [0.15, 0.2) is 12.7 Å². The van der Waals surface area contributed by atoms with Crippen molar-refractivity contribution in [2.45, 2.75) is 77.4 Å². The first kappa shape index (κ1) is 21.2. The van der Waals surface area contributed by atoms with Crippen LogP contribution in [0.4, 0.5) is 4.79 Å². The fraction of sp³-hybridized carbons (Fsp3) is 0.737. The Morgan fingerprint density at radius 1 is 1.36 bits per heavy atom. The summed E-state index contributed by atoms with van der Waals surface area (Å²) >= 11 is 0. The molecule has 0 aliphatic carbocycles. The highest BCUT2D eigenvalue weighted by atomic mass is 16.6. The summed E-state index contributed by atoms with van der Waals surface area (Å²) in [6.45, 7) is 9.07. The van der Waals surface area contributed by atoms with E-state index in [-0.39, 0.29) is 30.3 Å². The van der Waals surface area contributed by atoms with Gasteiger partial charge in [-0.15, -0.1) is 6.58 Å². The van der Waals surface area contributed by atoms with E-state index in [1.165, 1.54) is 12.0 Å². The predicted octanol–water partition coefficient (Wildman–Crippen LogP) is 3.84. The van der Waals surface area contributed by atoms with E-state index in [9.17, 15) is 14.4 Å². The lowest BCUT2D eigenvalue weighted by atomic mass is 9.91. The number of hydrogen-bond acceptors (Lipinski definition) is 5. The Balaban J connectivity index is 2.95. The number of likely N-dealkylation sites (tertiary alicyclic amines) is 1. The second kappa shape index (κ2) is 9.59. The zero-order valence-corrected chi connectivity index (χ0v) is 15.9. The van der Waals surface area contributed by atoms with Crippen molar-refractivity contribution in [3.63, 3.8) is 0 Å². The number of hydrogen-bond donors (Lipinski definition) is 0. The molecule has 0 aromatic carbocycles. The maximum absolute atomic E-state index is 12.6. The molecule has 2 unspecified atom stereocenters. The van der Waals surface area contributed by atoms with Crippen LogP contribution in [0, 0.1) is 5.92 Å². The summed E-state index contributed by atoms with van der Waals surface area (Å²) in [5.74, 6) is -0.520. The van der Waals surface area contributed by atoms with E-state index in [0.29, 0.717) is 19.3 Å². The molecular formula is C19H31NO5. The third kappa shape index (κ3) is 7.28. The van der Waals surface area contributed by atoms with Gasteiger partial charge in [-0.05, 0) is 52.4 Å². The molecule has 6 nitrogen and oxygen atoms in total. The number of amides is 2. The normalized spacial score (nSPS) is 19.8. The molecule has 2 amide bonds. The van der Waals surface area contributed by atoms with Crippen LogP contribution in [0.3, 0.4) is 0 Å². The van der Waals surface area contributed by atoms with E-state index in [0.717, 1.165) is 19.3 Å². The Bertz CT molecular complexity index is 495. The van der Waals surface area contributed by atoms with E-state index in [1.807, 2.05) is 0 Å². The first-order chi connectivity index (χ1) is 11.7. The number of imide groups is 1. The first-order valence-corrected chi connectivity index (χ1v) is 8.90. The Morgan fingerprint density at radius 2 is 2.04 bits per heavy atom. The molecule has 0 N–H and O–H groups in total. The van der Waals surface area contributed by atoms with Gasteiger partial charge in [-0.25, -0.2) is 9.69 Å². The lowest BCUT2D eigenvalue weighted by Gasteiger charge is -2.32. The molecule has 2 atom stereocenters. The Morgan fingerprint density at radius 3 is 2.60 bits per heavy atom. The van der Waals surface area contributed by atoms with Gasteiger partial charge in [0.2, 0.25) is 5.91 Å². The van der Waals surface area contributed by atoms with Crippen molar-refractivity contribution in [1.29, 1.82) is 0 Å². The molecule has 1 rings (SSSR count). The molecule has 0 radical (unpaired) electrons. The number of carbonyl (C=O) groups excluding carboxylic acids is 3. The second-order valence-electron chi connectivity index (χ2n) is 7.55. The highest BCUT2D eigenvalue weighted by Gasteiger charge is 2.36. The highest BCUT2D eigenvalue weighted by Crippen LogP contribution is 2.28. The number of allylic oxidation sites excluding steroid dienone is 1. The Kier molecular flexibility index (Phi) is 8.13. The zero-order chi connectivity index (χ0) is 19.0. The van der Waals surface area contributed by atoms with Crippen LogP contribution in [-0.2, 0) is 19.1 Å². The molecule has 0 bridgehead atoms. The van der Waals surface area contributed by atoms with Crippen molar-refractivity contribution in [3.8, 4) is 0 Å². The van der Waals surface area contributed by atoms with E-state index < -0.39 is 11.7 Å². The Labute approximate surface area is 150 Å². The van der Waals surface area contributed by atoms with Crippen molar-refractivity contribution >= 4 is 18.0 Å². The molecule has 0 saturated carbocycles. The fourth-order valence-corrected chi connectivity index (χ4v) is 3.10. The predicted molar refractivity (Wildman–Crippen MR) is 94.9 cm³/mol. The number of ether oxygens (including phenoxy) is 2. The monoisotopic (exact) mass is 353 g/mol. The third-order valence-corrected chi connectivity index (χ3v) is 4.19. The molecule has 6 heteroatoms. The molecule has 1 saturated heterocycles. The quantitative estimate of drug-likeness (QED) is 0.536. The zero-order valence-electron chi connectivity index (χ0n) is 15.9. The molecule has 0 aromatic rings. The van der Waals surface area contributed by atoms with Crippen LogP contribution >= 0.6 is 0 Å². The summed E-state index contributed by atoms with van der Waals surface area (Å²) in [7, 11) is 1.36. The highest BCUT2D eigenvalue weighted by molar-refractivity contribution is 5.92. The molecule has 25 heavy (non-hydrogen) atoms. The van der Waals surface area contributed by atoms with Crippen molar-refractivity contribution in [2.24, 2.45) is 5.92 Å². The van der Waals surface area contributed by atoms with Crippen molar-refractivity contribution < 1.29 is 23.9 Å². The summed E-state index contributed by atoms with van der Waals surface area (Å²) in [4.78, 5) is 38.0. The number of methoxy groups -OCH3 is 1. The van der Waals surface area contributed by atoms with Gasteiger partial charge in [-0.1, -0.05) is 12.5 Å². The van der Waals surface area contributed by atoms with Crippen molar-refractivity contribution in [3.05, 3.63) is 12.7 Å². The lowest BCUT2D eigenvalue weighted by Crippen LogP contribution is -2.46. The topological polar surface area (TPSA) is 72.9 Å². The van der Waals surface area contributed by atoms with Gasteiger partial charge in [-0.3, -0.25) is 9.59 Å². The smallest absolute Gasteiger partial charge is 0.417 e. The minimum Gasteiger partial charge on any atom is -0.469 e. The van der Waals surface area contributed by atoms with E-state index in [1.54, 1.807) is 26.8 Å². The Hall–Kier alpha value is -1.85. The third-order valence-electron chi connectivity index (χ3n) is 4.19. The maximum Gasteiger partial charge on any atom is 0.417 e. The molecule has 0 spiro atoms. The van der Waals surface area contributed by atoms with Crippen molar-refractivity contribution in [2.75, 3.05) is 7.11 Å². The van der Waals surface area contributed by atoms with E-state index in [2.05, 4.69) is 6.58 Å². The fourth-order valence-electron chi connectivity index (χ4n) is 3.10.